The van der Waals surface area contributed by atoms with Gasteiger partial charge in [-0.25, -0.2) is 0 Å². The zero-order valence-electron chi connectivity index (χ0n) is 12.9. The number of benzene rings is 1. The average Bonchev–Trinajstić information content (AvgIpc) is 2.86. The Bertz CT molecular complexity index is 434. The Hall–Kier alpha value is -1.42. The first-order valence-electron chi connectivity index (χ1n) is 7.65. The van der Waals surface area contributed by atoms with Crippen LogP contribution < -0.4 is 15.8 Å². The molecule has 0 aliphatic carbocycles. The predicted molar refractivity (Wildman–Crippen MR) is 85.4 cm³/mol. The molecule has 3 N–H and O–H groups in total. The molecule has 0 radical (unpaired) electrons. The maximum absolute atomic E-state index is 6.18. The number of rotatable bonds is 6. The molecule has 1 fully saturated rings. The van der Waals surface area contributed by atoms with E-state index in [4.69, 9.17) is 10.5 Å². The van der Waals surface area contributed by atoms with Crippen LogP contribution in [-0.4, -0.2) is 36.7 Å². The first kappa shape index (κ1) is 15.0. The SMILES string of the molecule is CCN1CCCC1CNc1cccc(OC(C)C)c1N. The molecule has 20 heavy (non-hydrogen) atoms. The summed E-state index contributed by atoms with van der Waals surface area (Å²) < 4.78 is 5.72. The van der Waals surface area contributed by atoms with E-state index >= 15 is 0 Å². The van der Waals surface area contributed by atoms with Crippen LogP contribution in [0.3, 0.4) is 0 Å². The number of nitrogen functional groups attached to an aromatic ring is 1. The molecule has 0 bridgehead atoms. The number of nitrogens with zero attached hydrogens (tertiary/aromatic N) is 1. The van der Waals surface area contributed by atoms with E-state index in [2.05, 4.69) is 17.1 Å². The molecule has 0 amide bonds. The third-order valence-electron chi connectivity index (χ3n) is 3.86. The summed E-state index contributed by atoms with van der Waals surface area (Å²) in [6, 6.07) is 6.55. The molecule has 1 aliphatic heterocycles. The van der Waals surface area contributed by atoms with Gasteiger partial charge < -0.3 is 15.8 Å². The van der Waals surface area contributed by atoms with Crippen LogP contribution in [-0.2, 0) is 0 Å². The van der Waals surface area contributed by atoms with Crippen molar-refractivity contribution in [2.45, 2.75) is 45.8 Å². The van der Waals surface area contributed by atoms with Gasteiger partial charge in [0, 0.05) is 12.6 Å². The van der Waals surface area contributed by atoms with Crippen molar-refractivity contribution >= 4 is 11.4 Å². The van der Waals surface area contributed by atoms with Gasteiger partial charge in [-0.2, -0.15) is 0 Å². The van der Waals surface area contributed by atoms with Crippen molar-refractivity contribution in [2.24, 2.45) is 0 Å². The minimum absolute atomic E-state index is 0.137. The smallest absolute Gasteiger partial charge is 0.144 e. The largest absolute Gasteiger partial charge is 0.489 e. The van der Waals surface area contributed by atoms with E-state index in [1.807, 2.05) is 32.0 Å². The fourth-order valence-corrected chi connectivity index (χ4v) is 2.83. The fraction of sp³-hybridized carbons (Fsp3) is 0.625. The molecule has 1 atom stereocenters. The van der Waals surface area contributed by atoms with Gasteiger partial charge in [0.05, 0.1) is 17.5 Å². The lowest BCUT2D eigenvalue weighted by Crippen LogP contribution is -2.34. The first-order valence-corrected chi connectivity index (χ1v) is 7.65. The van der Waals surface area contributed by atoms with Crippen LogP contribution in [0.4, 0.5) is 11.4 Å². The summed E-state index contributed by atoms with van der Waals surface area (Å²) in [4.78, 5) is 2.53. The highest BCUT2D eigenvalue weighted by Crippen LogP contribution is 2.30. The Kier molecular flexibility index (Phi) is 5.12. The quantitative estimate of drug-likeness (QED) is 0.785. The zero-order chi connectivity index (χ0) is 14.5. The lowest BCUT2D eigenvalue weighted by molar-refractivity contribution is 0.244. The van der Waals surface area contributed by atoms with Gasteiger partial charge >= 0.3 is 0 Å². The molecule has 0 saturated carbocycles. The molecule has 112 valence electrons. The van der Waals surface area contributed by atoms with Gasteiger partial charge in [-0.1, -0.05) is 13.0 Å². The highest BCUT2D eigenvalue weighted by molar-refractivity contribution is 5.73. The molecule has 4 nitrogen and oxygen atoms in total. The normalized spacial score (nSPS) is 19.5. The Morgan fingerprint density at radius 2 is 2.25 bits per heavy atom. The fourth-order valence-electron chi connectivity index (χ4n) is 2.83. The van der Waals surface area contributed by atoms with Gasteiger partial charge in [-0.3, -0.25) is 4.90 Å². The molecule has 4 heteroatoms. The summed E-state index contributed by atoms with van der Waals surface area (Å²) in [7, 11) is 0. The summed E-state index contributed by atoms with van der Waals surface area (Å²) in [6.45, 7) is 9.54. The molecular formula is C16H27N3O. The van der Waals surface area contributed by atoms with E-state index in [0.717, 1.165) is 24.5 Å². The van der Waals surface area contributed by atoms with Crippen molar-refractivity contribution < 1.29 is 4.74 Å². The van der Waals surface area contributed by atoms with Crippen molar-refractivity contribution in [3.8, 4) is 5.75 Å². The maximum Gasteiger partial charge on any atom is 0.144 e. The van der Waals surface area contributed by atoms with Gasteiger partial charge in [-0.15, -0.1) is 0 Å². The third-order valence-corrected chi connectivity index (χ3v) is 3.86. The van der Waals surface area contributed by atoms with E-state index in [0.29, 0.717) is 11.7 Å². The highest BCUT2D eigenvalue weighted by Gasteiger charge is 2.22. The molecule has 2 rings (SSSR count). The summed E-state index contributed by atoms with van der Waals surface area (Å²) in [6.07, 6.45) is 2.70. The predicted octanol–water partition coefficient (Wildman–Crippen LogP) is 2.95. The molecule has 0 spiro atoms. The molecular weight excluding hydrogens is 250 g/mol. The Labute approximate surface area is 122 Å². The molecule has 1 saturated heterocycles. The lowest BCUT2D eigenvalue weighted by Gasteiger charge is -2.24. The second-order valence-electron chi connectivity index (χ2n) is 5.69. The van der Waals surface area contributed by atoms with E-state index in [-0.39, 0.29) is 6.10 Å². The maximum atomic E-state index is 6.18. The van der Waals surface area contributed by atoms with Crippen molar-refractivity contribution in [3.63, 3.8) is 0 Å². The monoisotopic (exact) mass is 277 g/mol. The summed E-state index contributed by atoms with van der Waals surface area (Å²) in [5.41, 5.74) is 7.87. The molecule has 1 unspecified atom stereocenters. The van der Waals surface area contributed by atoms with Crippen molar-refractivity contribution in [2.75, 3.05) is 30.7 Å². The minimum Gasteiger partial charge on any atom is -0.489 e. The van der Waals surface area contributed by atoms with Gasteiger partial charge in [0.15, 0.2) is 0 Å². The number of likely N-dealkylation sites (tertiary alicyclic amines) is 1. The lowest BCUT2D eigenvalue weighted by atomic mass is 10.2. The number of anilines is 2. The summed E-state index contributed by atoms with van der Waals surface area (Å²) in [5, 5.41) is 3.49. The van der Waals surface area contributed by atoms with Crippen LogP contribution in [0.2, 0.25) is 0 Å². The number of hydrogen-bond acceptors (Lipinski definition) is 4. The second-order valence-corrected chi connectivity index (χ2v) is 5.69. The number of para-hydroxylation sites is 1. The van der Waals surface area contributed by atoms with Gasteiger partial charge in [-0.05, 0) is 51.9 Å². The molecule has 1 aromatic carbocycles. The van der Waals surface area contributed by atoms with Crippen molar-refractivity contribution in [3.05, 3.63) is 18.2 Å². The standard InChI is InChI=1S/C16H27N3O/c1-4-19-10-6-7-13(19)11-18-14-8-5-9-15(16(14)17)20-12(2)3/h5,8-9,12-13,18H,4,6-7,10-11,17H2,1-3H3. The van der Waals surface area contributed by atoms with Gasteiger partial charge in [0.2, 0.25) is 0 Å². The Balaban J connectivity index is 1.99. The molecule has 1 aliphatic rings. The topological polar surface area (TPSA) is 50.5 Å². The van der Waals surface area contributed by atoms with Gasteiger partial charge in [0.1, 0.15) is 5.75 Å². The van der Waals surface area contributed by atoms with Crippen molar-refractivity contribution in [1.29, 1.82) is 0 Å². The molecule has 1 heterocycles. The summed E-state index contributed by atoms with van der Waals surface area (Å²) >= 11 is 0. The summed E-state index contributed by atoms with van der Waals surface area (Å²) in [5.74, 6) is 0.767. The number of nitrogens with one attached hydrogen (secondary N) is 1. The number of ether oxygens (including phenoxy) is 1. The molecule has 1 aromatic rings. The number of nitrogens with two attached hydrogens (primary N) is 1. The van der Waals surface area contributed by atoms with Crippen LogP contribution in [0, 0.1) is 0 Å². The zero-order valence-corrected chi connectivity index (χ0v) is 12.9. The minimum atomic E-state index is 0.137. The number of hydrogen-bond donors (Lipinski definition) is 2. The van der Waals surface area contributed by atoms with E-state index in [1.165, 1.54) is 19.4 Å². The van der Waals surface area contributed by atoms with E-state index in [9.17, 15) is 0 Å². The Morgan fingerprint density at radius 3 is 2.95 bits per heavy atom. The van der Waals surface area contributed by atoms with Crippen molar-refractivity contribution in [1.82, 2.24) is 4.90 Å². The second kappa shape index (κ2) is 6.84. The van der Waals surface area contributed by atoms with Crippen LogP contribution in [0.25, 0.3) is 0 Å². The first-order chi connectivity index (χ1) is 9.61. The van der Waals surface area contributed by atoms with Crippen LogP contribution in [0.5, 0.6) is 5.75 Å². The van der Waals surface area contributed by atoms with Crippen LogP contribution in [0.1, 0.15) is 33.6 Å². The van der Waals surface area contributed by atoms with Crippen LogP contribution in [0.15, 0.2) is 18.2 Å². The van der Waals surface area contributed by atoms with Crippen LogP contribution >= 0.6 is 0 Å². The number of likely N-dealkylation sites (N-methyl/N-ethyl adjacent to an activating group) is 1. The van der Waals surface area contributed by atoms with E-state index in [1.54, 1.807) is 0 Å². The third kappa shape index (κ3) is 3.57. The highest BCUT2D eigenvalue weighted by atomic mass is 16.5. The van der Waals surface area contributed by atoms with E-state index < -0.39 is 0 Å². The average molecular weight is 277 g/mol. The molecule has 0 aromatic heterocycles. The Morgan fingerprint density at radius 1 is 1.45 bits per heavy atom. The van der Waals surface area contributed by atoms with Gasteiger partial charge in [0.25, 0.3) is 0 Å².